The molecule has 0 radical (unpaired) electrons. The lowest BCUT2D eigenvalue weighted by molar-refractivity contribution is -0.170. The highest BCUT2D eigenvalue weighted by molar-refractivity contribution is 5.79. The fraction of sp³-hybridized carbons (Fsp3) is 0.952. The van der Waals surface area contributed by atoms with Crippen molar-refractivity contribution in [1.82, 2.24) is 0 Å². The topological polar surface area (TPSA) is 37.3 Å². The Hall–Kier alpha value is -0.370. The van der Waals surface area contributed by atoms with Gasteiger partial charge in [0.05, 0.1) is 6.10 Å². The Morgan fingerprint density at radius 2 is 1.83 bits per heavy atom. The van der Waals surface area contributed by atoms with Crippen molar-refractivity contribution >= 4 is 5.78 Å². The predicted molar refractivity (Wildman–Crippen MR) is 91.8 cm³/mol. The second-order valence-electron chi connectivity index (χ2n) is 10.1. The number of aliphatic hydroxyl groups is 1. The molecule has 4 aliphatic carbocycles. The molecule has 4 saturated carbocycles. The smallest absolute Gasteiger partial charge is 0.133 e. The molecule has 4 aliphatic rings. The first-order valence-corrected chi connectivity index (χ1v) is 9.97. The van der Waals surface area contributed by atoms with Crippen LogP contribution in [0.5, 0.6) is 0 Å². The highest BCUT2D eigenvalue weighted by atomic mass is 16.3. The maximum Gasteiger partial charge on any atom is 0.133 e. The van der Waals surface area contributed by atoms with Crippen LogP contribution in [0.4, 0.5) is 0 Å². The monoisotopic (exact) mass is 318 g/mol. The lowest BCUT2D eigenvalue weighted by Crippen LogP contribution is -2.59. The molecule has 0 amide bonds. The average Bonchev–Trinajstić information content (AvgIpc) is 2.76. The van der Waals surface area contributed by atoms with Gasteiger partial charge in [0.2, 0.25) is 0 Å². The second-order valence-corrected chi connectivity index (χ2v) is 10.1. The van der Waals surface area contributed by atoms with Crippen molar-refractivity contribution < 1.29 is 9.90 Å². The SMILES string of the molecule is CC1C[C@H]2CC(=O)CC[C@]2(C)C2C(C)C[C@@]3(C)C(CC[C@@H]3O)C12. The van der Waals surface area contributed by atoms with Gasteiger partial charge in [0.15, 0.2) is 0 Å². The zero-order valence-corrected chi connectivity index (χ0v) is 15.3. The van der Waals surface area contributed by atoms with Gasteiger partial charge in [0.1, 0.15) is 5.78 Å². The summed E-state index contributed by atoms with van der Waals surface area (Å²) in [4.78, 5) is 12.1. The molecule has 0 saturated heterocycles. The molecule has 23 heavy (non-hydrogen) atoms. The largest absolute Gasteiger partial charge is 0.393 e. The summed E-state index contributed by atoms with van der Waals surface area (Å²) in [5.74, 6) is 4.71. The minimum Gasteiger partial charge on any atom is -0.393 e. The fourth-order valence-electron chi connectivity index (χ4n) is 8.07. The van der Waals surface area contributed by atoms with Crippen LogP contribution in [0.25, 0.3) is 0 Å². The fourth-order valence-corrected chi connectivity index (χ4v) is 8.07. The number of rotatable bonds is 0. The van der Waals surface area contributed by atoms with Crippen LogP contribution < -0.4 is 0 Å². The molecule has 0 heterocycles. The van der Waals surface area contributed by atoms with Crippen molar-refractivity contribution in [1.29, 1.82) is 0 Å². The molecule has 2 nitrogen and oxygen atoms in total. The Bertz CT molecular complexity index is 514. The molecular weight excluding hydrogens is 284 g/mol. The zero-order chi connectivity index (χ0) is 16.6. The van der Waals surface area contributed by atoms with Gasteiger partial charge in [0, 0.05) is 12.8 Å². The van der Waals surface area contributed by atoms with Crippen LogP contribution in [0.3, 0.4) is 0 Å². The number of hydrogen-bond acceptors (Lipinski definition) is 2. The molecule has 4 rings (SSSR count). The summed E-state index contributed by atoms with van der Waals surface area (Å²) >= 11 is 0. The van der Waals surface area contributed by atoms with Gasteiger partial charge >= 0.3 is 0 Å². The van der Waals surface area contributed by atoms with Crippen LogP contribution in [0, 0.1) is 46.3 Å². The van der Waals surface area contributed by atoms with E-state index in [2.05, 4.69) is 27.7 Å². The second kappa shape index (κ2) is 5.07. The van der Waals surface area contributed by atoms with Gasteiger partial charge in [-0.05, 0) is 78.4 Å². The standard InChI is InChI=1S/C21H34O2/c1-12-9-14-10-15(22)7-8-20(14,3)19-13(2)11-21(4)16(18(12)19)5-6-17(21)23/h12-14,16-19,23H,5-11H2,1-4H3/t12?,13?,14-,16?,17-,18?,19?,20-,21-/m0/s1. The molecular formula is C21H34O2. The maximum atomic E-state index is 12.1. The Morgan fingerprint density at radius 1 is 1.09 bits per heavy atom. The minimum absolute atomic E-state index is 0.0958. The van der Waals surface area contributed by atoms with Crippen LogP contribution in [-0.2, 0) is 4.79 Å². The highest BCUT2D eigenvalue weighted by Gasteiger charge is 2.63. The number of aliphatic hydroxyl groups excluding tert-OH is 1. The summed E-state index contributed by atoms with van der Waals surface area (Å²) < 4.78 is 0. The third-order valence-electron chi connectivity index (χ3n) is 9.04. The molecule has 0 aromatic heterocycles. The van der Waals surface area contributed by atoms with Gasteiger partial charge < -0.3 is 5.11 Å². The lowest BCUT2D eigenvalue weighted by atomic mass is 9.41. The Labute approximate surface area is 141 Å². The summed E-state index contributed by atoms with van der Waals surface area (Å²) in [7, 11) is 0. The Balaban J connectivity index is 1.74. The molecule has 2 heteroatoms. The van der Waals surface area contributed by atoms with E-state index in [4.69, 9.17) is 0 Å². The van der Waals surface area contributed by atoms with Gasteiger partial charge in [-0.25, -0.2) is 0 Å². The summed E-state index contributed by atoms with van der Waals surface area (Å²) in [6.45, 7) is 9.77. The van der Waals surface area contributed by atoms with E-state index in [1.165, 1.54) is 19.3 Å². The molecule has 0 aliphatic heterocycles. The summed E-state index contributed by atoms with van der Waals surface area (Å²) in [5, 5.41) is 10.7. The van der Waals surface area contributed by atoms with Crippen molar-refractivity contribution in [3.63, 3.8) is 0 Å². The molecule has 5 unspecified atom stereocenters. The lowest BCUT2D eigenvalue weighted by Gasteiger charge is -2.64. The van der Waals surface area contributed by atoms with Gasteiger partial charge in [-0.3, -0.25) is 4.79 Å². The van der Waals surface area contributed by atoms with E-state index in [9.17, 15) is 9.90 Å². The van der Waals surface area contributed by atoms with Crippen molar-refractivity contribution in [2.24, 2.45) is 46.3 Å². The molecule has 0 bridgehead atoms. The van der Waals surface area contributed by atoms with Crippen molar-refractivity contribution in [2.45, 2.75) is 78.7 Å². The van der Waals surface area contributed by atoms with Crippen molar-refractivity contribution in [3.05, 3.63) is 0 Å². The van der Waals surface area contributed by atoms with E-state index >= 15 is 0 Å². The van der Waals surface area contributed by atoms with E-state index in [0.717, 1.165) is 37.5 Å². The highest BCUT2D eigenvalue weighted by Crippen LogP contribution is 2.68. The third kappa shape index (κ3) is 2.06. The van der Waals surface area contributed by atoms with E-state index in [1.54, 1.807) is 0 Å². The van der Waals surface area contributed by atoms with Gasteiger partial charge in [-0.2, -0.15) is 0 Å². The number of hydrogen-bond donors (Lipinski definition) is 1. The van der Waals surface area contributed by atoms with E-state index in [0.29, 0.717) is 34.9 Å². The Kier molecular flexibility index (Phi) is 3.55. The average molecular weight is 319 g/mol. The van der Waals surface area contributed by atoms with Crippen molar-refractivity contribution in [2.75, 3.05) is 0 Å². The number of carbonyl (C=O) groups is 1. The zero-order valence-electron chi connectivity index (χ0n) is 15.3. The number of fused-ring (bicyclic) bond motifs is 5. The van der Waals surface area contributed by atoms with Crippen LogP contribution in [0.2, 0.25) is 0 Å². The quantitative estimate of drug-likeness (QED) is 0.716. The van der Waals surface area contributed by atoms with Gasteiger partial charge in [-0.1, -0.05) is 27.7 Å². The normalized spacial score (nSPS) is 59.2. The van der Waals surface area contributed by atoms with Crippen LogP contribution in [0.1, 0.15) is 72.6 Å². The first-order valence-electron chi connectivity index (χ1n) is 9.97. The first kappa shape index (κ1) is 16.1. The number of carbonyl (C=O) groups excluding carboxylic acids is 1. The minimum atomic E-state index is -0.0958. The summed E-state index contributed by atoms with van der Waals surface area (Å²) in [5.41, 5.74) is 0.502. The molecule has 0 aromatic carbocycles. The van der Waals surface area contributed by atoms with Crippen molar-refractivity contribution in [3.8, 4) is 0 Å². The molecule has 9 atom stereocenters. The van der Waals surface area contributed by atoms with E-state index in [-0.39, 0.29) is 11.5 Å². The van der Waals surface area contributed by atoms with E-state index in [1.807, 2.05) is 0 Å². The number of ketones is 1. The van der Waals surface area contributed by atoms with Crippen LogP contribution >= 0.6 is 0 Å². The van der Waals surface area contributed by atoms with E-state index < -0.39 is 0 Å². The third-order valence-corrected chi connectivity index (χ3v) is 9.04. The van der Waals surface area contributed by atoms with Gasteiger partial charge in [-0.15, -0.1) is 0 Å². The van der Waals surface area contributed by atoms with Crippen LogP contribution in [-0.4, -0.2) is 17.0 Å². The molecule has 130 valence electrons. The predicted octanol–water partition coefficient (Wildman–Crippen LogP) is 4.45. The van der Waals surface area contributed by atoms with Gasteiger partial charge in [0.25, 0.3) is 0 Å². The Morgan fingerprint density at radius 3 is 2.57 bits per heavy atom. The molecule has 4 fully saturated rings. The summed E-state index contributed by atoms with van der Waals surface area (Å²) in [6.07, 6.45) is 7.30. The summed E-state index contributed by atoms with van der Waals surface area (Å²) in [6, 6.07) is 0. The molecule has 0 aromatic rings. The molecule has 1 N–H and O–H groups in total. The van der Waals surface area contributed by atoms with Crippen LogP contribution in [0.15, 0.2) is 0 Å². The molecule has 0 spiro atoms. The number of Topliss-reactive ketones (excluding diaryl/α,β-unsaturated/α-hetero) is 1. The maximum absolute atomic E-state index is 12.1. The first-order chi connectivity index (χ1) is 10.8.